The molecule has 0 aliphatic heterocycles. The summed E-state index contributed by atoms with van der Waals surface area (Å²) in [5.74, 6) is -0.295. The first kappa shape index (κ1) is 9.86. The number of carbonyl (C=O) groups is 1. The van der Waals surface area contributed by atoms with Gasteiger partial charge in [-0.2, -0.15) is 0 Å². The molecule has 2 nitrogen and oxygen atoms in total. The third-order valence-corrected chi connectivity index (χ3v) is 2.62. The van der Waals surface area contributed by atoms with Crippen LogP contribution in [0.1, 0.15) is 0 Å². The van der Waals surface area contributed by atoms with Gasteiger partial charge in [0.25, 0.3) is 0 Å². The lowest BCUT2D eigenvalue weighted by Crippen LogP contribution is -2.16. The third kappa shape index (κ3) is 3.54. The second-order valence-corrected chi connectivity index (χ2v) is 2.97. The summed E-state index contributed by atoms with van der Waals surface area (Å²) in [5, 5.41) is 1.26. The summed E-state index contributed by atoms with van der Waals surface area (Å²) in [7, 11) is 1.93. The Morgan fingerprint density at radius 1 is 1.56 bits per heavy atom. The molecule has 0 aliphatic carbocycles. The van der Waals surface area contributed by atoms with E-state index in [0.717, 1.165) is 0 Å². The maximum Gasteiger partial charge on any atom is 0.312 e. The van der Waals surface area contributed by atoms with E-state index in [1.165, 1.54) is 0 Å². The molecule has 0 radical (unpaired) electrons. The lowest BCUT2D eigenvalue weighted by molar-refractivity contribution is -0.136. The summed E-state index contributed by atoms with van der Waals surface area (Å²) >= 11 is 6.35. The first-order chi connectivity index (χ1) is 4.26. The van der Waals surface area contributed by atoms with Gasteiger partial charge >= 0.3 is 5.97 Å². The van der Waals surface area contributed by atoms with Gasteiger partial charge < -0.3 is 4.52 Å². The predicted octanol–water partition coefficient (Wildman–Crippen LogP) is 1.73. The van der Waals surface area contributed by atoms with Crippen molar-refractivity contribution in [1.29, 1.82) is 0 Å². The van der Waals surface area contributed by atoms with Crippen molar-refractivity contribution in [1.82, 2.24) is 0 Å². The Bertz CT molecular complexity index is 94.6. The Balaban J connectivity index is 3.64. The van der Waals surface area contributed by atoms with Gasteiger partial charge in [-0.25, -0.2) is 0 Å². The molecule has 0 rings (SSSR count). The summed E-state index contributed by atoms with van der Waals surface area (Å²) in [5.41, 5.74) is 0. The van der Waals surface area contributed by atoms with Crippen molar-refractivity contribution in [3.63, 3.8) is 0 Å². The first-order valence-corrected chi connectivity index (χ1v) is 5.00. The van der Waals surface area contributed by atoms with Crippen LogP contribution >= 0.6 is 41.3 Å². The van der Waals surface area contributed by atoms with Gasteiger partial charge in [0, 0.05) is 10.7 Å². The van der Waals surface area contributed by atoms with E-state index >= 15 is 0 Å². The zero-order valence-corrected chi connectivity index (χ0v) is 8.97. The van der Waals surface area contributed by atoms with E-state index in [0.29, 0.717) is 10.7 Å². The molecule has 54 valence electrons. The van der Waals surface area contributed by atoms with Crippen molar-refractivity contribution >= 4 is 47.3 Å². The summed E-state index contributed by atoms with van der Waals surface area (Å²) in [6.07, 6.45) is 0. The average molecular weight is 278 g/mol. The lowest BCUT2D eigenvalue weighted by atomic mass is 10.2. The third-order valence-electron chi connectivity index (χ3n) is 0.822. The Labute approximate surface area is 73.3 Å². The number of alkyl halides is 2. The van der Waals surface area contributed by atoms with Gasteiger partial charge in [0.1, 0.15) is 0 Å². The summed E-state index contributed by atoms with van der Waals surface area (Å²) < 4.78 is 4.41. The van der Waals surface area contributed by atoms with E-state index in [-0.39, 0.29) is 11.9 Å². The first-order valence-electron chi connectivity index (χ1n) is 2.28. The number of rotatable bonds is 3. The van der Waals surface area contributed by atoms with Crippen molar-refractivity contribution < 1.29 is 9.32 Å². The fourth-order valence-corrected chi connectivity index (χ4v) is 2.06. The molecule has 0 aromatic carbocycles. The smallest absolute Gasteiger partial charge is 0.312 e. The molecule has 0 fully saturated rings. The van der Waals surface area contributed by atoms with Crippen LogP contribution in [0.15, 0.2) is 0 Å². The van der Waals surface area contributed by atoms with Crippen LogP contribution in [-0.4, -0.2) is 16.6 Å². The van der Waals surface area contributed by atoms with Gasteiger partial charge in [0.2, 0.25) is 0 Å². The van der Waals surface area contributed by atoms with Crippen LogP contribution in [0.5, 0.6) is 0 Å². The van der Waals surface area contributed by atoms with Crippen LogP contribution in [0.2, 0.25) is 0 Å². The normalized spacial score (nSPS) is 9.78. The van der Waals surface area contributed by atoms with Crippen LogP contribution in [0.3, 0.4) is 0 Å². The molecule has 1 unspecified atom stereocenters. The molecular formula is C4H7Br2O2P. The maximum absolute atomic E-state index is 10.7. The predicted molar refractivity (Wildman–Crippen MR) is 46.9 cm³/mol. The Kier molecular flexibility index (Phi) is 6.17. The molecule has 0 spiro atoms. The van der Waals surface area contributed by atoms with E-state index in [4.69, 9.17) is 0 Å². The SMILES string of the molecule is O=C(OP)C(CBr)CBr. The van der Waals surface area contributed by atoms with Gasteiger partial charge in [0.15, 0.2) is 0 Å². The highest BCUT2D eigenvalue weighted by molar-refractivity contribution is 9.09. The molecule has 1 atom stereocenters. The number of carbonyl (C=O) groups excluding carboxylic acids is 1. The zero-order chi connectivity index (χ0) is 7.28. The molecular weight excluding hydrogens is 271 g/mol. The Hall–Kier alpha value is 0.860. The van der Waals surface area contributed by atoms with E-state index in [1.807, 2.05) is 9.47 Å². The number of hydrogen-bond donors (Lipinski definition) is 0. The zero-order valence-electron chi connectivity index (χ0n) is 4.64. The summed E-state index contributed by atoms with van der Waals surface area (Å²) in [6.45, 7) is 0. The Morgan fingerprint density at radius 2 is 2.00 bits per heavy atom. The van der Waals surface area contributed by atoms with Gasteiger partial charge in [-0.1, -0.05) is 31.9 Å². The molecule has 0 aromatic rings. The maximum atomic E-state index is 10.7. The largest absolute Gasteiger partial charge is 0.451 e. The molecule has 5 heteroatoms. The van der Waals surface area contributed by atoms with Crippen LogP contribution in [-0.2, 0) is 9.32 Å². The molecule has 9 heavy (non-hydrogen) atoms. The molecule has 0 saturated heterocycles. The molecule has 0 saturated carbocycles. The highest BCUT2D eigenvalue weighted by Crippen LogP contribution is 2.09. The average Bonchev–Trinajstić information content (AvgIpc) is 1.90. The van der Waals surface area contributed by atoms with Crippen LogP contribution in [0.4, 0.5) is 0 Å². The van der Waals surface area contributed by atoms with E-state index in [2.05, 4.69) is 36.4 Å². The molecule has 0 bridgehead atoms. The highest BCUT2D eigenvalue weighted by Gasteiger charge is 2.15. The topological polar surface area (TPSA) is 26.3 Å². The minimum atomic E-state index is -0.214. The molecule has 0 aromatic heterocycles. The lowest BCUT2D eigenvalue weighted by Gasteiger charge is -2.05. The van der Waals surface area contributed by atoms with Crippen LogP contribution in [0.25, 0.3) is 0 Å². The van der Waals surface area contributed by atoms with Gasteiger partial charge in [-0.3, -0.25) is 4.79 Å². The van der Waals surface area contributed by atoms with Crippen molar-refractivity contribution in [2.45, 2.75) is 0 Å². The fraction of sp³-hybridized carbons (Fsp3) is 0.750. The minimum absolute atomic E-state index is 0.0810. The summed E-state index contributed by atoms with van der Waals surface area (Å²) in [6, 6.07) is 0. The molecule has 0 aliphatic rings. The van der Waals surface area contributed by atoms with Gasteiger partial charge in [0.05, 0.1) is 15.4 Å². The van der Waals surface area contributed by atoms with Crippen LogP contribution in [0, 0.1) is 5.92 Å². The number of halogens is 2. The molecule has 0 heterocycles. The van der Waals surface area contributed by atoms with Gasteiger partial charge in [-0.05, 0) is 0 Å². The summed E-state index contributed by atoms with van der Waals surface area (Å²) in [4.78, 5) is 10.7. The Morgan fingerprint density at radius 3 is 2.11 bits per heavy atom. The van der Waals surface area contributed by atoms with E-state index in [1.54, 1.807) is 0 Å². The van der Waals surface area contributed by atoms with Crippen molar-refractivity contribution in [2.24, 2.45) is 5.92 Å². The standard InChI is InChI=1S/C4H7Br2O2P/c5-1-3(2-6)4(7)8-9/h3H,1-2,9H2. The number of hydrogen-bond acceptors (Lipinski definition) is 2. The highest BCUT2D eigenvalue weighted by atomic mass is 79.9. The second kappa shape index (κ2) is 5.63. The minimum Gasteiger partial charge on any atom is -0.451 e. The van der Waals surface area contributed by atoms with Crippen molar-refractivity contribution in [3.05, 3.63) is 0 Å². The quantitative estimate of drug-likeness (QED) is 0.580. The van der Waals surface area contributed by atoms with E-state index in [9.17, 15) is 4.79 Å². The van der Waals surface area contributed by atoms with Crippen molar-refractivity contribution in [2.75, 3.05) is 10.7 Å². The monoisotopic (exact) mass is 276 g/mol. The molecule has 0 N–H and O–H groups in total. The van der Waals surface area contributed by atoms with E-state index < -0.39 is 0 Å². The van der Waals surface area contributed by atoms with Crippen LogP contribution < -0.4 is 0 Å². The molecule has 0 amide bonds. The fourth-order valence-electron chi connectivity index (χ4n) is 0.263. The second-order valence-electron chi connectivity index (χ2n) is 1.44. The van der Waals surface area contributed by atoms with Crippen molar-refractivity contribution in [3.8, 4) is 0 Å². The van der Waals surface area contributed by atoms with Gasteiger partial charge in [-0.15, -0.1) is 0 Å².